The molecule has 5 N–H and O–H groups in total. The number of H-pyrrole nitrogens is 1. The zero-order chi connectivity index (χ0) is 63.3. The number of benzene rings is 4. The average Bonchev–Trinajstić information content (AvgIpc) is 1.60. The first-order valence-corrected chi connectivity index (χ1v) is 31.9. The number of imide groups is 2. The average molecular weight is 1270 g/mol. The number of piperidine rings is 1. The fourth-order valence-corrected chi connectivity index (χ4v) is 13.4. The summed E-state index contributed by atoms with van der Waals surface area (Å²) in [5.74, 6) is -3.24. The van der Waals surface area contributed by atoms with Crippen molar-refractivity contribution in [3.05, 3.63) is 152 Å². The van der Waals surface area contributed by atoms with Crippen molar-refractivity contribution in [2.24, 2.45) is 5.41 Å². The van der Waals surface area contributed by atoms with Gasteiger partial charge in [-0.1, -0.05) is 55.3 Å². The molecule has 2 unspecified atom stereocenters. The number of pyridine rings is 1. The second-order valence-electron chi connectivity index (χ2n) is 23.6. The molecule has 472 valence electrons. The molecule has 0 bridgehead atoms. The van der Waals surface area contributed by atoms with Crippen molar-refractivity contribution < 1.29 is 56.3 Å². The van der Waals surface area contributed by atoms with Gasteiger partial charge >= 0.3 is 0 Å². The summed E-state index contributed by atoms with van der Waals surface area (Å²) in [6.45, 7) is 10.1. The Hall–Kier alpha value is -8.59. The topological polar surface area (TPSA) is 297 Å². The Morgan fingerprint density at radius 2 is 1.53 bits per heavy atom. The third-order valence-electron chi connectivity index (χ3n) is 16.9. The summed E-state index contributed by atoms with van der Waals surface area (Å²) in [7, 11) is -4.74. The number of nitrogens with zero attached hydrogens (tertiary/aromatic N) is 6. The Morgan fingerprint density at radius 1 is 0.811 bits per heavy atom. The van der Waals surface area contributed by atoms with Crippen molar-refractivity contribution in [1.29, 1.82) is 0 Å². The standard InChI is InChI=1S/C64H70ClN11O13S/c1-64(2)20-18-42(48(38-64)40-8-10-43(65)11-9-40)39-72-25-27-73(28-26-72)44-12-15-51(74-24-4-7-55(77)58-54(74)35-41-19-21-68-59(41)70-58)47(36-44)60(79)71-90(85,86)45-13-14-49(53(37-45)76(83)84)66-22-29-87-31-33-89-34-32-88-30-23-67-50-6-3-5-46-57(50)63(82)75(62(46)81)52-16-17-56(78)69-61(52)80/h3,5-6,8-15,18-19,21,35-37,48,52,66-67H,4,7,16-17,20,22-34,38-39H2,1-2H3,(H,68,70)(H,71,79)(H,69,78,80). The first-order chi connectivity index (χ1) is 43.3. The number of amides is 5. The lowest BCUT2D eigenvalue weighted by atomic mass is 9.70. The summed E-state index contributed by atoms with van der Waals surface area (Å²) in [6.07, 6.45) is 6.83. The van der Waals surface area contributed by atoms with Crippen LogP contribution in [0.25, 0.3) is 11.0 Å². The first kappa shape index (κ1) is 63.0. The number of carbonyl (C=O) groups is 6. The number of hydrogen-bond donors (Lipinski definition) is 5. The van der Waals surface area contributed by atoms with Gasteiger partial charge in [-0.15, -0.1) is 0 Å². The predicted octanol–water partition coefficient (Wildman–Crippen LogP) is 7.99. The molecule has 90 heavy (non-hydrogen) atoms. The van der Waals surface area contributed by atoms with Crippen LogP contribution in [0.1, 0.15) is 105 Å². The van der Waals surface area contributed by atoms with Gasteiger partial charge in [-0.05, 0) is 103 Å². The number of rotatable bonds is 24. The number of halogens is 1. The lowest BCUT2D eigenvalue weighted by Crippen LogP contribution is -2.54. The van der Waals surface area contributed by atoms with Crippen LogP contribution in [0.3, 0.4) is 0 Å². The summed E-state index contributed by atoms with van der Waals surface area (Å²) < 4.78 is 47.6. The quantitative estimate of drug-likeness (QED) is 0.0126. The summed E-state index contributed by atoms with van der Waals surface area (Å²) in [5.41, 5.74) is 5.27. The summed E-state index contributed by atoms with van der Waals surface area (Å²) >= 11 is 6.29. The number of aromatic nitrogens is 2. The van der Waals surface area contributed by atoms with Crippen LogP contribution in [-0.2, 0) is 33.8 Å². The van der Waals surface area contributed by atoms with Crippen LogP contribution in [-0.4, -0.2) is 166 Å². The maximum atomic E-state index is 14.8. The maximum absolute atomic E-state index is 14.8. The maximum Gasteiger partial charge on any atom is 0.293 e. The van der Waals surface area contributed by atoms with Gasteiger partial charge in [0.05, 0.1) is 77.5 Å². The predicted molar refractivity (Wildman–Crippen MR) is 337 cm³/mol. The molecule has 1 aliphatic carbocycles. The Bertz CT molecular complexity index is 3920. The molecule has 4 aliphatic heterocycles. The molecule has 24 nitrogen and oxygen atoms in total. The first-order valence-electron chi connectivity index (χ1n) is 30.1. The van der Waals surface area contributed by atoms with Crippen LogP contribution in [0.15, 0.2) is 114 Å². The Labute approximate surface area is 524 Å². The van der Waals surface area contributed by atoms with Crippen molar-refractivity contribution in [3.63, 3.8) is 0 Å². The summed E-state index contributed by atoms with van der Waals surface area (Å²) in [6, 6.07) is 24.2. The van der Waals surface area contributed by atoms with Crippen molar-refractivity contribution in [1.82, 2.24) is 29.8 Å². The third kappa shape index (κ3) is 14.1. The van der Waals surface area contributed by atoms with Crippen LogP contribution in [0.4, 0.5) is 34.1 Å². The second-order valence-corrected chi connectivity index (χ2v) is 25.7. The smallest absolute Gasteiger partial charge is 0.293 e. The SMILES string of the molecule is CC1(C)CC=C(CN2CCN(c3ccc(N4CCCC(=O)c5nc6[nH]ccc6cc54)c(C(=O)NS(=O)(=O)c4ccc(NCCOCCOCCOCCNc5cccc6c5C(=O)N(C5CCC(=O)NC5=O)C6=O)c([N+](=O)[O-])c4)c3)CC2)C(c2ccc(Cl)cc2)C1. The number of nitro groups is 1. The van der Waals surface area contributed by atoms with Crippen LogP contribution in [0.2, 0.25) is 5.02 Å². The fraction of sp³-hybridized carbons (Fsp3) is 0.391. The number of carbonyl (C=O) groups excluding carboxylic acids is 6. The number of allylic oxidation sites excluding steroid dienone is 1. The van der Waals surface area contributed by atoms with Crippen LogP contribution >= 0.6 is 11.6 Å². The van der Waals surface area contributed by atoms with Gasteiger partial charge in [0.2, 0.25) is 11.8 Å². The van der Waals surface area contributed by atoms with E-state index in [2.05, 4.69) is 72.5 Å². The van der Waals surface area contributed by atoms with E-state index in [1.165, 1.54) is 29.3 Å². The van der Waals surface area contributed by atoms with Gasteiger partial charge in [0.15, 0.2) is 5.78 Å². The minimum Gasteiger partial charge on any atom is -0.382 e. The molecule has 11 rings (SSSR count). The van der Waals surface area contributed by atoms with E-state index in [0.717, 1.165) is 48.8 Å². The highest BCUT2D eigenvalue weighted by atomic mass is 35.5. The zero-order valence-corrected chi connectivity index (χ0v) is 51.5. The fourth-order valence-electron chi connectivity index (χ4n) is 12.3. The lowest BCUT2D eigenvalue weighted by molar-refractivity contribution is -0.384. The molecule has 2 aromatic heterocycles. The van der Waals surface area contributed by atoms with Gasteiger partial charge in [0, 0.05) is 105 Å². The number of piperazine rings is 1. The van der Waals surface area contributed by atoms with Gasteiger partial charge in [0.1, 0.15) is 23.1 Å². The normalized spacial score (nSPS) is 18.7. The Kier molecular flexibility index (Phi) is 19.1. The van der Waals surface area contributed by atoms with Gasteiger partial charge in [-0.3, -0.25) is 54.0 Å². The van der Waals surface area contributed by atoms with Crippen molar-refractivity contribution >= 4 is 102 Å². The summed E-state index contributed by atoms with van der Waals surface area (Å²) in [5, 5.41) is 22.1. The molecular weight excluding hydrogens is 1200 g/mol. The Morgan fingerprint density at radius 3 is 2.26 bits per heavy atom. The number of nitrogens with one attached hydrogen (secondary N) is 5. The number of ketones is 1. The van der Waals surface area contributed by atoms with Crippen molar-refractivity contribution in [2.75, 3.05) is 112 Å². The number of nitro benzene ring substituents is 1. The molecule has 5 aliphatic rings. The summed E-state index contributed by atoms with van der Waals surface area (Å²) in [4.78, 5) is 105. The number of ether oxygens (including phenoxy) is 3. The van der Waals surface area contributed by atoms with Gasteiger partial charge in [-0.2, -0.15) is 0 Å². The molecular formula is C64H70ClN11O13S. The third-order valence-corrected chi connectivity index (χ3v) is 18.5. The number of anilines is 5. The minimum absolute atomic E-state index is 0.0152. The Balaban J connectivity index is 0.683. The molecule has 2 atom stereocenters. The van der Waals surface area contributed by atoms with Crippen LogP contribution < -0.4 is 30.5 Å². The number of Topliss-reactive ketones (excluding diaryl/α,β-unsaturated/α-hetero) is 1. The second kappa shape index (κ2) is 27.3. The highest BCUT2D eigenvalue weighted by Crippen LogP contribution is 2.45. The van der Waals surface area contributed by atoms with E-state index >= 15 is 0 Å². The van der Waals surface area contributed by atoms with E-state index in [4.69, 9.17) is 25.8 Å². The molecule has 26 heteroatoms. The van der Waals surface area contributed by atoms with E-state index in [1.807, 2.05) is 35.2 Å². The number of hydrogen-bond acceptors (Lipinski definition) is 19. The monoisotopic (exact) mass is 1270 g/mol. The van der Waals surface area contributed by atoms with E-state index in [-0.39, 0.29) is 111 Å². The molecule has 2 fully saturated rings. The van der Waals surface area contributed by atoms with Gasteiger partial charge < -0.3 is 39.6 Å². The van der Waals surface area contributed by atoms with E-state index in [0.29, 0.717) is 66.0 Å². The largest absolute Gasteiger partial charge is 0.382 e. The molecule has 4 aromatic carbocycles. The molecule has 2 saturated heterocycles. The zero-order valence-electron chi connectivity index (χ0n) is 49.9. The number of aromatic amines is 1. The lowest BCUT2D eigenvalue weighted by Gasteiger charge is -2.40. The molecule has 5 amide bonds. The molecule has 0 radical (unpaired) electrons. The highest BCUT2D eigenvalue weighted by molar-refractivity contribution is 7.90. The minimum atomic E-state index is -4.74. The van der Waals surface area contributed by atoms with E-state index in [1.54, 1.807) is 30.5 Å². The van der Waals surface area contributed by atoms with E-state index < -0.39 is 61.1 Å². The molecule has 0 spiro atoms. The number of sulfonamides is 1. The molecule has 0 saturated carbocycles. The van der Waals surface area contributed by atoms with Gasteiger partial charge in [0.25, 0.3) is 33.4 Å². The van der Waals surface area contributed by atoms with Crippen molar-refractivity contribution in [2.45, 2.75) is 69.2 Å². The van der Waals surface area contributed by atoms with Crippen LogP contribution in [0, 0.1) is 15.5 Å². The molecule has 6 heterocycles. The number of fused-ring (bicyclic) bond motifs is 3. The van der Waals surface area contributed by atoms with Crippen LogP contribution in [0.5, 0.6) is 0 Å². The van der Waals surface area contributed by atoms with E-state index in [9.17, 15) is 47.3 Å². The highest BCUT2D eigenvalue weighted by Gasteiger charge is 2.46. The molecule has 6 aromatic rings. The van der Waals surface area contributed by atoms with Crippen molar-refractivity contribution in [3.8, 4) is 0 Å². The van der Waals surface area contributed by atoms with Gasteiger partial charge in [-0.25, -0.2) is 18.1 Å².